The maximum absolute atomic E-state index is 11.4. The van der Waals surface area contributed by atoms with Crippen LogP contribution in [0.2, 0.25) is 5.02 Å². The SMILES string of the molecule is CCCNC(=O)Nc1cc(Cl)ccc1C. The molecule has 2 N–H and O–H groups in total. The molecule has 0 aliphatic heterocycles. The molecular weight excluding hydrogens is 212 g/mol. The van der Waals surface area contributed by atoms with E-state index in [-0.39, 0.29) is 6.03 Å². The van der Waals surface area contributed by atoms with Gasteiger partial charge in [0.25, 0.3) is 0 Å². The smallest absolute Gasteiger partial charge is 0.319 e. The predicted molar refractivity (Wildman–Crippen MR) is 63.5 cm³/mol. The molecule has 0 aliphatic carbocycles. The highest BCUT2D eigenvalue weighted by Gasteiger charge is 2.03. The predicted octanol–water partition coefficient (Wildman–Crippen LogP) is 3.18. The van der Waals surface area contributed by atoms with Crippen molar-refractivity contribution in [3.05, 3.63) is 28.8 Å². The zero-order valence-corrected chi connectivity index (χ0v) is 9.69. The lowest BCUT2D eigenvalue weighted by molar-refractivity contribution is 0.252. The second kappa shape index (κ2) is 5.61. The van der Waals surface area contributed by atoms with Gasteiger partial charge in [-0.15, -0.1) is 0 Å². The molecule has 0 aliphatic rings. The van der Waals surface area contributed by atoms with Crippen molar-refractivity contribution in [2.24, 2.45) is 0 Å². The summed E-state index contributed by atoms with van der Waals surface area (Å²) in [6, 6.07) is 5.22. The van der Waals surface area contributed by atoms with Gasteiger partial charge in [-0.05, 0) is 31.0 Å². The Morgan fingerprint density at radius 1 is 1.47 bits per heavy atom. The van der Waals surface area contributed by atoms with Crippen molar-refractivity contribution >= 4 is 23.3 Å². The third-order valence-electron chi connectivity index (χ3n) is 1.98. The van der Waals surface area contributed by atoms with Crippen LogP contribution in [-0.4, -0.2) is 12.6 Å². The van der Waals surface area contributed by atoms with Crippen molar-refractivity contribution in [3.63, 3.8) is 0 Å². The lowest BCUT2D eigenvalue weighted by Gasteiger charge is -2.09. The number of carbonyl (C=O) groups is 1. The van der Waals surface area contributed by atoms with Gasteiger partial charge in [-0.2, -0.15) is 0 Å². The first-order valence-electron chi connectivity index (χ1n) is 4.94. The van der Waals surface area contributed by atoms with Gasteiger partial charge in [0, 0.05) is 17.3 Å². The third-order valence-corrected chi connectivity index (χ3v) is 2.22. The maximum Gasteiger partial charge on any atom is 0.319 e. The number of urea groups is 1. The van der Waals surface area contributed by atoms with Gasteiger partial charge in [0.2, 0.25) is 0 Å². The average Bonchev–Trinajstić information content (AvgIpc) is 2.20. The van der Waals surface area contributed by atoms with Crippen LogP contribution in [0.5, 0.6) is 0 Å². The molecule has 0 fully saturated rings. The normalized spacial score (nSPS) is 9.80. The first-order chi connectivity index (χ1) is 7.13. The Morgan fingerprint density at radius 3 is 2.87 bits per heavy atom. The van der Waals surface area contributed by atoms with Crippen LogP contribution < -0.4 is 10.6 Å². The Hall–Kier alpha value is -1.22. The number of halogens is 1. The summed E-state index contributed by atoms with van der Waals surface area (Å²) in [6.45, 7) is 4.60. The Balaban J connectivity index is 2.63. The Morgan fingerprint density at radius 2 is 2.20 bits per heavy atom. The maximum atomic E-state index is 11.4. The molecule has 15 heavy (non-hydrogen) atoms. The highest BCUT2D eigenvalue weighted by molar-refractivity contribution is 6.31. The minimum Gasteiger partial charge on any atom is -0.338 e. The van der Waals surface area contributed by atoms with Crippen molar-refractivity contribution in [1.29, 1.82) is 0 Å². The summed E-state index contributed by atoms with van der Waals surface area (Å²) < 4.78 is 0. The molecule has 4 heteroatoms. The first-order valence-corrected chi connectivity index (χ1v) is 5.32. The van der Waals surface area contributed by atoms with E-state index < -0.39 is 0 Å². The second-order valence-corrected chi connectivity index (χ2v) is 3.78. The molecular formula is C11H15ClN2O. The van der Waals surface area contributed by atoms with Crippen molar-refractivity contribution in [2.75, 3.05) is 11.9 Å². The van der Waals surface area contributed by atoms with Crippen molar-refractivity contribution in [3.8, 4) is 0 Å². The van der Waals surface area contributed by atoms with E-state index in [2.05, 4.69) is 10.6 Å². The quantitative estimate of drug-likeness (QED) is 0.817. The molecule has 0 spiro atoms. The minimum absolute atomic E-state index is 0.192. The summed E-state index contributed by atoms with van der Waals surface area (Å²) in [4.78, 5) is 11.4. The highest BCUT2D eigenvalue weighted by Crippen LogP contribution is 2.19. The van der Waals surface area contributed by atoms with Crippen LogP contribution in [0.25, 0.3) is 0 Å². The van der Waals surface area contributed by atoms with Gasteiger partial charge < -0.3 is 10.6 Å². The van der Waals surface area contributed by atoms with E-state index in [1.807, 2.05) is 19.9 Å². The highest BCUT2D eigenvalue weighted by atomic mass is 35.5. The molecule has 0 aromatic heterocycles. The monoisotopic (exact) mass is 226 g/mol. The Labute approximate surface area is 94.8 Å². The molecule has 2 amide bonds. The number of rotatable bonds is 3. The van der Waals surface area contributed by atoms with E-state index in [0.29, 0.717) is 11.6 Å². The molecule has 0 unspecified atom stereocenters. The topological polar surface area (TPSA) is 41.1 Å². The van der Waals surface area contributed by atoms with Crippen LogP contribution in [0, 0.1) is 6.92 Å². The summed E-state index contributed by atoms with van der Waals surface area (Å²) in [5.74, 6) is 0. The van der Waals surface area contributed by atoms with E-state index in [0.717, 1.165) is 17.7 Å². The van der Waals surface area contributed by atoms with Gasteiger partial charge >= 0.3 is 6.03 Å². The summed E-state index contributed by atoms with van der Waals surface area (Å²) in [7, 11) is 0. The fourth-order valence-corrected chi connectivity index (χ4v) is 1.31. The van der Waals surface area contributed by atoms with Crippen molar-refractivity contribution < 1.29 is 4.79 Å². The van der Waals surface area contributed by atoms with E-state index in [9.17, 15) is 4.79 Å². The number of anilines is 1. The molecule has 0 heterocycles. The molecule has 1 aromatic rings. The number of carbonyl (C=O) groups excluding carboxylic acids is 1. The number of amides is 2. The zero-order valence-electron chi connectivity index (χ0n) is 8.93. The molecule has 82 valence electrons. The second-order valence-electron chi connectivity index (χ2n) is 3.34. The summed E-state index contributed by atoms with van der Waals surface area (Å²) in [6.07, 6.45) is 0.919. The summed E-state index contributed by atoms with van der Waals surface area (Å²) in [5.41, 5.74) is 1.74. The molecule has 0 bridgehead atoms. The minimum atomic E-state index is -0.192. The van der Waals surface area contributed by atoms with Gasteiger partial charge in [0.05, 0.1) is 0 Å². The summed E-state index contributed by atoms with van der Waals surface area (Å²) in [5, 5.41) is 6.10. The molecule has 0 radical (unpaired) electrons. The number of nitrogens with one attached hydrogen (secondary N) is 2. The van der Waals surface area contributed by atoms with Gasteiger partial charge in [-0.25, -0.2) is 4.79 Å². The fourth-order valence-electron chi connectivity index (χ4n) is 1.13. The Bertz CT molecular complexity index is 352. The number of hydrogen-bond acceptors (Lipinski definition) is 1. The lowest BCUT2D eigenvalue weighted by atomic mass is 10.2. The fraction of sp³-hybridized carbons (Fsp3) is 0.364. The first kappa shape index (κ1) is 11.9. The molecule has 0 saturated heterocycles. The molecule has 1 rings (SSSR count). The van der Waals surface area contributed by atoms with Crippen LogP contribution >= 0.6 is 11.6 Å². The number of hydrogen-bond donors (Lipinski definition) is 2. The molecule has 0 saturated carbocycles. The molecule has 0 atom stereocenters. The number of aryl methyl sites for hydroxylation is 1. The van der Waals surface area contributed by atoms with E-state index in [1.165, 1.54) is 0 Å². The van der Waals surface area contributed by atoms with E-state index in [1.54, 1.807) is 12.1 Å². The summed E-state index contributed by atoms with van der Waals surface area (Å²) >= 11 is 5.83. The van der Waals surface area contributed by atoms with Gasteiger partial charge in [0.1, 0.15) is 0 Å². The van der Waals surface area contributed by atoms with E-state index in [4.69, 9.17) is 11.6 Å². The third kappa shape index (κ3) is 3.80. The van der Waals surface area contributed by atoms with Crippen LogP contribution in [-0.2, 0) is 0 Å². The van der Waals surface area contributed by atoms with Gasteiger partial charge in [0.15, 0.2) is 0 Å². The van der Waals surface area contributed by atoms with Crippen LogP contribution in [0.15, 0.2) is 18.2 Å². The molecule has 1 aromatic carbocycles. The number of benzene rings is 1. The molecule has 3 nitrogen and oxygen atoms in total. The van der Waals surface area contributed by atoms with Crippen LogP contribution in [0.4, 0.5) is 10.5 Å². The lowest BCUT2D eigenvalue weighted by Crippen LogP contribution is -2.29. The largest absolute Gasteiger partial charge is 0.338 e. The Kier molecular flexibility index (Phi) is 4.43. The van der Waals surface area contributed by atoms with Crippen molar-refractivity contribution in [1.82, 2.24) is 5.32 Å². The zero-order chi connectivity index (χ0) is 11.3. The van der Waals surface area contributed by atoms with Crippen LogP contribution in [0.3, 0.4) is 0 Å². The van der Waals surface area contributed by atoms with E-state index >= 15 is 0 Å². The van der Waals surface area contributed by atoms with Gasteiger partial charge in [-0.3, -0.25) is 0 Å². The van der Waals surface area contributed by atoms with Crippen molar-refractivity contribution in [2.45, 2.75) is 20.3 Å². The van der Waals surface area contributed by atoms with Crippen LogP contribution in [0.1, 0.15) is 18.9 Å². The standard InChI is InChI=1S/C11H15ClN2O/c1-3-6-13-11(15)14-10-7-9(12)5-4-8(10)2/h4-5,7H,3,6H2,1-2H3,(H2,13,14,15). The van der Waals surface area contributed by atoms with Gasteiger partial charge in [-0.1, -0.05) is 24.6 Å². The average molecular weight is 227 g/mol.